The molecule has 1 aromatic heterocycles. The van der Waals surface area contributed by atoms with Crippen LogP contribution in [-0.4, -0.2) is 17.4 Å². The van der Waals surface area contributed by atoms with Crippen LogP contribution in [0.4, 0.5) is 11.5 Å². The summed E-state index contributed by atoms with van der Waals surface area (Å²) in [7, 11) is 0. The van der Waals surface area contributed by atoms with Crippen LogP contribution in [-0.2, 0) is 0 Å². The lowest BCUT2D eigenvalue weighted by Gasteiger charge is -2.22. The first-order chi connectivity index (χ1) is 10.1. The molecule has 0 unspecified atom stereocenters. The largest absolute Gasteiger partial charge is 0.384 e. The Morgan fingerprint density at radius 2 is 1.95 bits per heavy atom. The molecule has 1 aromatic carbocycles. The van der Waals surface area contributed by atoms with Crippen molar-refractivity contribution < 1.29 is 4.79 Å². The van der Waals surface area contributed by atoms with E-state index in [1.807, 2.05) is 30.3 Å². The number of rotatable bonds is 5. The van der Waals surface area contributed by atoms with Crippen molar-refractivity contribution in [1.29, 1.82) is 0 Å². The lowest BCUT2D eigenvalue weighted by molar-refractivity contribution is 0.0982. The van der Waals surface area contributed by atoms with Gasteiger partial charge in [0, 0.05) is 12.2 Å². The molecule has 0 radical (unpaired) electrons. The van der Waals surface area contributed by atoms with E-state index in [2.05, 4.69) is 11.9 Å². The fourth-order valence-corrected chi connectivity index (χ4v) is 2.19. The molecule has 0 spiro atoms. The molecule has 110 valence electrons. The average Bonchev–Trinajstić information content (AvgIpc) is 2.51. The quantitative estimate of drug-likeness (QED) is 0.915. The van der Waals surface area contributed by atoms with Crippen LogP contribution >= 0.6 is 11.6 Å². The van der Waals surface area contributed by atoms with Gasteiger partial charge in [0.05, 0.1) is 5.02 Å². The number of anilines is 2. The van der Waals surface area contributed by atoms with Crippen molar-refractivity contribution in [1.82, 2.24) is 4.98 Å². The summed E-state index contributed by atoms with van der Waals surface area (Å²) in [6.07, 6.45) is 1.90. The van der Waals surface area contributed by atoms with E-state index in [1.165, 1.54) is 0 Å². The molecule has 2 N–H and O–H groups in total. The Balaban J connectivity index is 2.36. The van der Waals surface area contributed by atoms with Crippen molar-refractivity contribution in [2.75, 3.05) is 17.2 Å². The lowest BCUT2D eigenvalue weighted by Crippen LogP contribution is -2.32. The number of nitrogens with two attached hydrogens (primary N) is 1. The number of carbonyl (C=O) groups excluding carboxylic acids is 1. The number of pyridine rings is 1. The molecule has 0 saturated carbocycles. The van der Waals surface area contributed by atoms with Crippen LogP contribution in [0.1, 0.15) is 30.3 Å². The van der Waals surface area contributed by atoms with Gasteiger partial charge >= 0.3 is 0 Å². The number of nitrogen functional groups attached to an aromatic ring is 1. The summed E-state index contributed by atoms with van der Waals surface area (Å²) in [6, 6.07) is 12.7. The Morgan fingerprint density at radius 1 is 1.24 bits per heavy atom. The van der Waals surface area contributed by atoms with Gasteiger partial charge in [-0.25, -0.2) is 4.98 Å². The minimum Gasteiger partial charge on any atom is -0.384 e. The lowest BCUT2D eigenvalue weighted by atomic mass is 10.2. The summed E-state index contributed by atoms with van der Waals surface area (Å²) in [5.41, 5.74) is 6.68. The van der Waals surface area contributed by atoms with Gasteiger partial charge in [0.1, 0.15) is 11.5 Å². The Hall–Kier alpha value is -2.07. The van der Waals surface area contributed by atoms with E-state index >= 15 is 0 Å². The summed E-state index contributed by atoms with van der Waals surface area (Å²) in [4.78, 5) is 18.5. The van der Waals surface area contributed by atoms with E-state index in [9.17, 15) is 4.79 Å². The number of halogens is 1. The standard InChI is InChI=1S/C16H18ClN3O/c1-2-3-11-20(12-7-5-4-6-8-12)16(21)15-13(17)9-10-14(18)19-15/h4-10H,2-3,11H2,1H3,(H2,18,19). The van der Waals surface area contributed by atoms with Crippen LogP contribution in [0.3, 0.4) is 0 Å². The molecule has 0 fully saturated rings. The van der Waals surface area contributed by atoms with Gasteiger partial charge in [0.2, 0.25) is 0 Å². The SMILES string of the molecule is CCCCN(C(=O)c1nc(N)ccc1Cl)c1ccccc1. The van der Waals surface area contributed by atoms with Gasteiger partial charge in [-0.3, -0.25) is 4.79 Å². The topological polar surface area (TPSA) is 59.2 Å². The van der Waals surface area contributed by atoms with Crippen molar-refractivity contribution in [3.8, 4) is 0 Å². The Bertz CT molecular complexity index is 616. The van der Waals surface area contributed by atoms with Gasteiger partial charge in [0.25, 0.3) is 5.91 Å². The van der Waals surface area contributed by atoms with Crippen molar-refractivity contribution in [3.05, 3.63) is 53.2 Å². The number of aromatic nitrogens is 1. The van der Waals surface area contributed by atoms with Crippen LogP contribution in [0, 0.1) is 0 Å². The molecule has 2 aromatic rings. The number of para-hydroxylation sites is 1. The van der Waals surface area contributed by atoms with Crippen molar-refractivity contribution in [3.63, 3.8) is 0 Å². The molecule has 4 nitrogen and oxygen atoms in total. The molecule has 0 atom stereocenters. The molecule has 5 heteroatoms. The zero-order valence-electron chi connectivity index (χ0n) is 11.9. The molecule has 1 amide bonds. The van der Waals surface area contributed by atoms with E-state index in [1.54, 1.807) is 17.0 Å². The maximum absolute atomic E-state index is 12.7. The third-order valence-electron chi connectivity index (χ3n) is 3.12. The zero-order valence-corrected chi connectivity index (χ0v) is 12.7. The van der Waals surface area contributed by atoms with E-state index in [4.69, 9.17) is 17.3 Å². The van der Waals surface area contributed by atoms with Gasteiger partial charge in [-0.1, -0.05) is 43.1 Å². The first kappa shape index (κ1) is 15.3. The molecular formula is C16H18ClN3O. The predicted octanol–water partition coefficient (Wildman–Crippen LogP) is 3.76. The van der Waals surface area contributed by atoms with Crippen molar-refractivity contribution in [2.24, 2.45) is 0 Å². The number of nitrogens with zero attached hydrogens (tertiary/aromatic N) is 2. The minimum absolute atomic E-state index is 0.191. The van der Waals surface area contributed by atoms with E-state index < -0.39 is 0 Å². The van der Waals surface area contributed by atoms with Gasteiger partial charge in [-0.15, -0.1) is 0 Å². The Labute approximate surface area is 129 Å². The van der Waals surface area contributed by atoms with Gasteiger partial charge in [-0.05, 0) is 30.7 Å². The maximum Gasteiger partial charge on any atom is 0.278 e. The van der Waals surface area contributed by atoms with Crippen LogP contribution in [0.2, 0.25) is 5.02 Å². The number of amides is 1. The predicted molar refractivity (Wildman–Crippen MR) is 86.7 cm³/mol. The van der Waals surface area contributed by atoms with Gasteiger partial charge in [-0.2, -0.15) is 0 Å². The van der Waals surface area contributed by atoms with Crippen LogP contribution in [0.25, 0.3) is 0 Å². The molecule has 0 saturated heterocycles. The number of carbonyl (C=O) groups is 1. The monoisotopic (exact) mass is 303 g/mol. The molecular weight excluding hydrogens is 286 g/mol. The summed E-state index contributed by atoms with van der Waals surface area (Å²) in [6.45, 7) is 2.70. The molecule has 0 aliphatic rings. The molecule has 0 aliphatic heterocycles. The molecule has 2 rings (SSSR count). The van der Waals surface area contributed by atoms with Crippen LogP contribution in [0.5, 0.6) is 0 Å². The fourth-order valence-electron chi connectivity index (χ4n) is 2.01. The second-order valence-electron chi connectivity index (χ2n) is 4.71. The molecule has 0 bridgehead atoms. The van der Waals surface area contributed by atoms with Gasteiger partial charge < -0.3 is 10.6 Å². The smallest absolute Gasteiger partial charge is 0.278 e. The summed E-state index contributed by atoms with van der Waals surface area (Å²) >= 11 is 6.09. The molecule has 0 aliphatic carbocycles. The summed E-state index contributed by atoms with van der Waals surface area (Å²) in [5.74, 6) is 0.0539. The number of hydrogen-bond acceptors (Lipinski definition) is 3. The first-order valence-electron chi connectivity index (χ1n) is 6.92. The molecule has 1 heterocycles. The highest BCUT2D eigenvalue weighted by molar-refractivity contribution is 6.34. The number of unbranched alkanes of at least 4 members (excludes halogenated alkanes) is 1. The van der Waals surface area contributed by atoms with Crippen molar-refractivity contribution >= 4 is 29.0 Å². The first-order valence-corrected chi connectivity index (χ1v) is 7.30. The summed E-state index contributed by atoms with van der Waals surface area (Å²) in [5, 5.41) is 0.312. The highest BCUT2D eigenvalue weighted by Crippen LogP contribution is 2.22. The second-order valence-corrected chi connectivity index (χ2v) is 5.12. The average molecular weight is 304 g/mol. The minimum atomic E-state index is -0.230. The second kappa shape index (κ2) is 7.09. The third kappa shape index (κ3) is 3.73. The number of benzene rings is 1. The highest BCUT2D eigenvalue weighted by atomic mass is 35.5. The zero-order chi connectivity index (χ0) is 15.2. The van der Waals surface area contributed by atoms with E-state index in [-0.39, 0.29) is 17.4 Å². The van der Waals surface area contributed by atoms with E-state index in [0.717, 1.165) is 18.5 Å². The summed E-state index contributed by atoms with van der Waals surface area (Å²) < 4.78 is 0. The number of hydrogen-bond donors (Lipinski definition) is 1. The van der Waals surface area contributed by atoms with E-state index in [0.29, 0.717) is 11.6 Å². The molecule has 21 heavy (non-hydrogen) atoms. The van der Waals surface area contributed by atoms with Crippen LogP contribution in [0.15, 0.2) is 42.5 Å². The Morgan fingerprint density at radius 3 is 2.62 bits per heavy atom. The highest BCUT2D eigenvalue weighted by Gasteiger charge is 2.21. The normalized spacial score (nSPS) is 10.4. The van der Waals surface area contributed by atoms with Crippen LogP contribution < -0.4 is 10.6 Å². The maximum atomic E-state index is 12.7. The fraction of sp³-hybridized carbons (Fsp3) is 0.250. The van der Waals surface area contributed by atoms with Gasteiger partial charge in [0.15, 0.2) is 0 Å². The third-order valence-corrected chi connectivity index (χ3v) is 3.42. The van der Waals surface area contributed by atoms with Crippen molar-refractivity contribution in [2.45, 2.75) is 19.8 Å². The Kier molecular flexibility index (Phi) is 5.17.